The summed E-state index contributed by atoms with van der Waals surface area (Å²) < 4.78 is 5.97. The molecule has 0 radical (unpaired) electrons. The summed E-state index contributed by atoms with van der Waals surface area (Å²) in [6, 6.07) is 4.62. The molecule has 0 spiro atoms. The molecule has 2 unspecified atom stereocenters. The molecule has 1 aromatic rings. The smallest absolute Gasteiger partial charge is 0.137 e. The van der Waals surface area contributed by atoms with Crippen molar-refractivity contribution < 1.29 is 9.84 Å². The van der Waals surface area contributed by atoms with Crippen LogP contribution in [-0.4, -0.2) is 40.3 Å². The Labute approximate surface area is 108 Å². The van der Waals surface area contributed by atoms with E-state index < -0.39 is 0 Å². The number of hydrogen-bond donors (Lipinski definition) is 1. The maximum Gasteiger partial charge on any atom is 0.137 e. The zero-order chi connectivity index (χ0) is 12.4. The van der Waals surface area contributed by atoms with Gasteiger partial charge in [-0.2, -0.15) is 0 Å². The van der Waals surface area contributed by atoms with E-state index in [-0.39, 0.29) is 18.9 Å². The first-order valence-corrected chi connectivity index (χ1v) is 6.80. The molecule has 4 nitrogen and oxygen atoms in total. The van der Waals surface area contributed by atoms with Crippen LogP contribution in [0.25, 0.3) is 0 Å². The average Bonchev–Trinajstić information content (AvgIpc) is 3.08. The van der Waals surface area contributed by atoms with Crippen LogP contribution < -0.4 is 0 Å². The second-order valence-corrected chi connectivity index (χ2v) is 5.21. The van der Waals surface area contributed by atoms with Gasteiger partial charge >= 0.3 is 0 Å². The molecular weight excluding hydrogens is 228 g/mol. The highest BCUT2D eigenvalue weighted by Gasteiger charge is 2.38. The van der Waals surface area contributed by atoms with Gasteiger partial charge in [0.15, 0.2) is 0 Å². The summed E-state index contributed by atoms with van der Waals surface area (Å²) >= 11 is 0. The van der Waals surface area contributed by atoms with Gasteiger partial charge in [0.25, 0.3) is 0 Å². The third-order valence-electron chi connectivity index (χ3n) is 4.03. The fraction of sp³-hybridized carbons (Fsp3) is 0.643. The highest BCUT2D eigenvalue weighted by molar-refractivity contribution is 5.15. The van der Waals surface area contributed by atoms with Crippen LogP contribution in [0.4, 0.5) is 0 Å². The van der Waals surface area contributed by atoms with Gasteiger partial charge in [-0.25, -0.2) is 0 Å². The van der Waals surface area contributed by atoms with Gasteiger partial charge in [0.2, 0.25) is 0 Å². The standard InChI is InChI=1S/C14H20N2O2/c17-10-13-9-16(12-3-1-2-4-12)14(18-13)11-5-7-15-8-6-11/h5-8,12-14,17H,1-4,9-10H2. The molecule has 1 aromatic heterocycles. The summed E-state index contributed by atoms with van der Waals surface area (Å²) in [7, 11) is 0. The summed E-state index contributed by atoms with van der Waals surface area (Å²) in [5, 5.41) is 9.33. The van der Waals surface area contributed by atoms with Gasteiger partial charge in [-0.3, -0.25) is 9.88 Å². The van der Waals surface area contributed by atoms with E-state index >= 15 is 0 Å². The second kappa shape index (κ2) is 5.34. The second-order valence-electron chi connectivity index (χ2n) is 5.21. The van der Waals surface area contributed by atoms with Crippen LogP contribution in [0.5, 0.6) is 0 Å². The number of nitrogens with zero attached hydrogens (tertiary/aromatic N) is 2. The van der Waals surface area contributed by atoms with Crippen molar-refractivity contribution in [2.24, 2.45) is 0 Å². The predicted molar refractivity (Wildman–Crippen MR) is 67.9 cm³/mol. The first kappa shape index (κ1) is 12.1. The number of rotatable bonds is 3. The molecule has 3 rings (SSSR count). The Morgan fingerprint density at radius 2 is 2.00 bits per heavy atom. The summed E-state index contributed by atoms with van der Waals surface area (Å²) in [5.41, 5.74) is 1.15. The molecule has 1 saturated carbocycles. The minimum absolute atomic E-state index is 0.00625. The molecule has 98 valence electrons. The molecular formula is C14H20N2O2. The monoisotopic (exact) mass is 248 g/mol. The van der Waals surface area contributed by atoms with E-state index in [1.54, 1.807) is 12.4 Å². The van der Waals surface area contributed by atoms with Gasteiger partial charge in [0.1, 0.15) is 6.23 Å². The molecule has 18 heavy (non-hydrogen) atoms. The molecule has 1 saturated heterocycles. The van der Waals surface area contributed by atoms with Gasteiger partial charge in [-0.05, 0) is 30.5 Å². The highest BCUT2D eigenvalue weighted by Crippen LogP contribution is 2.36. The van der Waals surface area contributed by atoms with Crippen LogP contribution >= 0.6 is 0 Å². The van der Waals surface area contributed by atoms with Gasteiger partial charge in [0.05, 0.1) is 12.7 Å². The minimum atomic E-state index is -0.0521. The quantitative estimate of drug-likeness (QED) is 0.884. The fourth-order valence-corrected chi connectivity index (χ4v) is 3.11. The lowest BCUT2D eigenvalue weighted by molar-refractivity contribution is -0.0296. The summed E-state index contributed by atoms with van der Waals surface area (Å²) in [6.45, 7) is 0.943. The largest absolute Gasteiger partial charge is 0.394 e. The summed E-state index contributed by atoms with van der Waals surface area (Å²) in [4.78, 5) is 6.47. The van der Waals surface area contributed by atoms with Crippen LogP contribution in [-0.2, 0) is 4.74 Å². The molecule has 4 heteroatoms. The van der Waals surface area contributed by atoms with Crippen LogP contribution in [0.15, 0.2) is 24.5 Å². The Kier molecular flexibility index (Phi) is 3.59. The van der Waals surface area contributed by atoms with E-state index in [1.807, 2.05) is 12.1 Å². The molecule has 2 fully saturated rings. The van der Waals surface area contributed by atoms with Crippen molar-refractivity contribution in [2.45, 2.75) is 44.1 Å². The van der Waals surface area contributed by atoms with Gasteiger partial charge < -0.3 is 9.84 Å². The molecule has 0 amide bonds. The van der Waals surface area contributed by atoms with Crippen LogP contribution in [0.2, 0.25) is 0 Å². The molecule has 0 aromatic carbocycles. The zero-order valence-corrected chi connectivity index (χ0v) is 10.5. The van der Waals surface area contributed by atoms with E-state index in [0.29, 0.717) is 6.04 Å². The van der Waals surface area contributed by atoms with E-state index in [1.165, 1.54) is 25.7 Å². The van der Waals surface area contributed by atoms with Crippen molar-refractivity contribution in [1.29, 1.82) is 0 Å². The number of aliphatic hydroxyl groups excluding tert-OH is 1. The Balaban J connectivity index is 1.81. The normalized spacial score (nSPS) is 30.1. The highest BCUT2D eigenvalue weighted by atomic mass is 16.5. The van der Waals surface area contributed by atoms with Gasteiger partial charge in [-0.15, -0.1) is 0 Å². The summed E-state index contributed by atoms with van der Waals surface area (Å²) in [5.74, 6) is 0. The lowest BCUT2D eigenvalue weighted by atomic mass is 10.1. The van der Waals surface area contributed by atoms with Crippen molar-refractivity contribution in [1.82, 2.24) is 9.88 Å². The lowest BCUT2D eigenvalue weighted by Gasteiger charge is -2.28. The Morgan fingerprint density at radius 3 is 2.67 bits per heavy atom. The molecule has 2 atom stereocenters. The number of ether oxygens (including phenoxy) is 1. The van der Waals surface area contributed by atoms with Crippen molar-refractivity contribution in [3.05, 3.63) is 30.1 Å². The maximum atomic E-state index is 9.33. The number of pyridine rings is 1. The van der Waals surface area contributed by atoms with E-state index in [4.69, 9.17) is 4.74 Å². The zero-order valence-electron chi connectivity index (χ0n) is 10.5. The molecule has 2 aliphatic rings. The van der Waals surface area contributed by atoms with Crippen molar-refractivity contribution in [3.8, 4) is 0 Å². The Hall–Kier alpha value is -0.970. The average molecular weight is 248 g/mol. The van der Waals surface area contributed by atoms with Crippen LogP contribution in [0.3, 0.4) is 0 Å². The molecule has 0 bridgehead atoms. The molecule has 2 heterocycles. The molecule has 1 aliphatic heterocycles. The fourth-order valence-electron chi connectivity index (χ4n) is 3.11. The first-order chi connectivity index (χ1) is 8.88. The first-order valence-electron chi connectivity index (χ1n) is 6.80. The van der Waals surface area contributed by atoms with Crippen molar-refractivity contribution >= 4 is 0 Å². The maximum absolute atomic E-state index is 9.33. The molecule has 1 N–H and O–H groups in total. The van der Waals surface area contributed by atoms with Crippen LogP contribution in [0, 0.1) is 0 Å². The van der Waals surface area contributed by atoms with E-state index in [9.17, 15) is 5.11 Å². The third kappa shape index (κ3) is 2.28. The van der Waals surface area contributed by atoms with Crippen molar-refractivity contribution in [2.75, 3.05) is 13.2 Å². The van der Waals surface area contributed by atoms with E-state index in [0.717, 1.165) is 12.1 Å². The third-order valence-corrected chi connectivity index (χ3v) is 4.03. The molecule has 1 aliphatic carbocycles. The topological polar surface area (TPSA) is 45.6 Å². The number of hydrogen-bond acceptors (Lipinski definition) is 4. The van der Waals surface area contributed by atoms with Crippen LogP contribution in [0.1, 0.15) is 37.5 Å². The Bertz CT molecular complexity index is 379. The minimum Gasteiger partial charge on any atom is -0.394 e. The summed E-state index contributed by atoms with van der Waals surface area (Å²) in [6.07, 6.45) is 8.68. The number of aliphatic hydroxyl groups is 1. The predicted octanol–water partition coefficient (Wildman–Crippen LogP) is 1.72. The van der Waals surface area contributed by atoms with E-state index in [2.05, 4.69) is 9.88 Å². The Morgan fingerprint density at radius 1 is 1.28 bits per heavy atom. The lowest BCUT2D eigenvalue weighted by Crippen LogP contribution is -2.34. The SMILES string of the molecule is OCC1CN(C2CCCC2)C(c2ccncc2)O1. The van der Waals surface area contributed by atoms with Gasteiger partial charge in [0, 0.05) is 25.0 Å². The van der Waals surface area contributed by atoms with Crippen molar-refractivity contribution in [3.63, 3.8) is 0 Å². The van der Waals surface area contributed by atoms with Gasteiger partial charge in [-0.1, -0.05) is 12.8 Å². The number of aromatic nitrogens is 1.